The van der Waals surface area contributed by atoms with Crippen LogP contribution in [-0.2, 0) is 9.59 Å². The van der Waals surface area contributed by atoms with Gasteiger partial charge in [-0.3, -0.25) is 19.7 Å². The van der Waals surface area contributed by atoms with E-state index in [0.717, 1.165) is 12.3 Å². The summed E-state index contributed by atoms with van der Waals surface area (Å²) in [6.45, 7) is 1.24. The van der Waals surface area contributed by atoms with Crippen molar-refractivity contribution >= 4 is 34.9 Å². The van der Waals surface area contributed by atoms with Gasteiger partial charge in [0.05, 0.1) is 15.6 Å². The smallest absolute Gasteiger partial charge is 0.325 e. The van der Waals surface area contributed by atoms with Crippen molar-refractivity contribution in [1.29, 1.82) is 5.26 Å². The second-order valence-electron chi connectivity index (χ2n) is 4.27. The number of hydrogen-bond donors (Lipinski definition) is 3. The number of halogens is 1. The standard InChI is InChI=1S/C13H11ClN4O5/c1-7(13(20)21)17-12(19)8(5-15)6-16-11-4-9(18(22)23)2-3-10(11)14/h2-4,6-7,16H,1H3,(H,17,19)(H,20,21)/b8-6-. The van der Waals surface area contributed by atoms with Crippen molar-refractivity contribution in [2.24, 2.45) is 0 Å². The first-order chi connectivity index (χ1) is 10.8. The van der Waals surface area contributed by atoms with E-state index in [1.54, 1.807) is 6.07 Å². The molecule has 0 saturated heterocycles. The minimum atomic E-state index is -1.26. The fraction of sp³-hybridized carbons (Fsp3) is 0.154. The van der Waals surface area contributed by atoms with Crippen LogP contribution in [0.15, 0.2) is 30.0 Å². The zero-order chi connectivity index (χ0) is 17.6. The van der Waals surface area contributed by atoms with Gasteiger partial charge in [-0.15, -0.1) is 0 Å². The number of carboxylic acids is 1. The quantitative estimate of drug-likeness (QED) is 0.309. The summed E-state index contributed by atoms with van der Waals surface area (Å²) in [7, 11) is 0. The molecule has 3 N–H and O–H groups in total. The monoisotopic (exact) mass is 338 g/mol. The van der Waals surface area contributed by atoms with E-state index in [9.17, 15) is 19.7 Å². The van der Waals surface area contributed by atoms with E-state index in [1.807, 2.05) is 0 Å². The number of nitro benzene ring substituents is 1. The third-order valence-corrected chi connectivity index (χ3v) is 2.95. The lowest BCUT2D eigenvalue weighted by Crippen LogP contribution is -2.39. The summed E-state index contributed by atoms with van der Waals surface area (Å²) in [6.07, 6.45) is 0.981. The lowest BCUT2D eigenvalue weighted by Gasteiger charge is -2.09. The summed E-state index contributed by atoms with van der Waals surface area (Å²) in [6, 6.07) is 4.02. The van der Waals surface area contributed by atoms with Crippen LogP contribution in [0.2, 0.25) is 5.02 Å². The molecular weight excluding hydrogens is 328 g/mol. The average Bonchev–Trinajstić information content (AvgIpc) is 2.48. The van der Waals surface area contributed by atoms with Crippen LogP contribution in [0.25, 0.3) is 0 Å². The number of nitrogens with one attached hydrogen (secondary N) is 2. The van der Waals surface area contributed by atoms with Gasteiger partial charge in [-0.1, -0.05) is 11.6 Å². The molecule has 1 atom stereocenters. The summed E-state index contributed by atoms with van der Waals surface area (Å²) >= 11 is 5.86. The van der Waals surface area contributed by atoms with Crippen LogP contribution < -0.4 is 10.6 Å². The highest BCUT2D eigenvalue weighted by Crippen LogP contribution is 2.26. The van der Waals surface area contributed by atoms with Gasteiger partial charge in [0.1, 0.15) is 17.7 Å². The maximum atomic E-state index is 11.7. The van der Waals surface area contributed by atoms with Crippen molar-refractivity contribution in [1.82, 2.24) is 5.32 Å². The number of nitro groups is 1. The van der Waals surface area contributed by atoms with Crippen LogP contribution in [0.5, 0.6) is 0 Å². The Morgan fingerprint density at radius 2 is 2.17 bits per heavy atom. The van der Waals surface area contributed by atoms with Crippen LogP contribution in [0.3, 0.4) is 0 Å². The van der Waals surface area contributed by atoms with E-state index < -0.39 is 28.4 Å². The summed E-state index contributed by atoms with van der Waals surface area (Å²) in [4.78, 5) is 32.5. The molecule has 120 valence electrons. The number of anilines is 1. The molecule has 0 aromatic heterocycles. The van der Waals surface area contributed by atoms with Crippen molar-refractivity contribution in [2.75, 3.05) is 5.32 Å². The first-order valence-electron chi connectivity index (χ1n) is 6.10. The number of carbonyl (C=O) groups is 2. The SMILES string of the molecule is CC(NC(=O)/C(C#N)=C\Nc1cc([N+](=O)[O-])ccc1Cl)C(=O)O. The molecule has 0 aliphatic rings. The second-order valence-corrected chi connectivity index (χ2v) is 4.68. The number of aliphatic carboxylic acids is 1. The van der Waals surface area contributed by atoms with E-state index in [-0.39, 0.29) is 16.4 Å². The minimum Gasteiger partial charge on any atom is -0.480 e. The Morgan fingerprint density at radius 3 is 2.70 bits per heavy atom. The number of carboxylic acid groups (broad SMARTS) is 1. The van der Waals surface area contributed by atoms with Crippen molar-refractivity contribution in [3.8, 4) is 6.07 Å². The molecular formula is C13H11ClN4O5. The highest BCUT2D eigenvalue weighted by molar-refractivity contribution is 6.33. The minimum absolute atomic E-state index is 0.118. The van der Waals surface area contributed by atoms with Gasteiger partial charge in [0, 0.05) is 18.3 Å². The van der Waals surface area contributed by atoms with Crippen molar-refractivity contribution in [3.63, 3.8) is 0 Å². The largest absolute Gasteiger partial charge is 0.480 e. The molecule has 1 amide bonds. The molecule has 1 rings (SSSR count). The van der Waals surface area contributed by atoms with E-state index in [4.69, 9.17) is 22.0 Å². The van der Waals surface area contributed by atoms with Gasteiger partial charge in [-0.25, -0.2) is 0 Å². The molecule has 9 nitrogen and oxygen atoms in total. The maximum absolute atomic E-state index is 11.7. The van der Waals surface area contributed by atoms with Gasteiger partial charge in [-0.2, -0.15) is 5.26 Å². The third kappa shape index (κ3) is 4.98. The summed E-state index contributed by atoms with van der Waals surface area (Å²) in [5, 5.41) is 33.1. The number of nitrogens with zero attached hydrogens (tertiary/aromatic N) is 2. The molecule has 0 bridgehead atoms. The van der Waals surface area contributed by atoms with Gasteiger partial charge < -0.3 is 15.7 Å². The lowest BCUT2D eigenvalue weighted by molar-refractivity contribution is -0.384. The van der Waals surface area contributed by atoms with E-state index >= 15 is 0 Å². The number of non-ortho nitro benzene ring substituents is 1. The predicted octanol–water partition coefficient (Wildman–Crippen LogP) is 1.66. The zero-order valence-electron chi connectivity index (χ0n) is 11.7. The molecule has 0 radical (unpaired) electrons. The van der Waals surface area contributed by atoms with Gasteiger partial charge in [0.15, 0.2) is 0 Å². The Morgan fingerprint density at radius 1 is 1.52 bits per heavy atom. The highest BCUT2D eigenvalue weighted by atomic mass is 35.5. The van der Waals surface area contributed by atoms with Gasteiger partial charge in [0.25, 0.3) is 11.6 Å². The molecule has 0 saturated carbocycles. The Labute approximate surface area is 135 Å². The molecule has 10 heteroatoms. The van der Waals surface area contributed by atoms with Crippen LogP contribution in [0.4, 0.5) is 11.4 Å². The zero-order valence-corrected chi connectivity index (χ0v) is 12.5. The molecule has 23 heavy (non-hydrogen) atoms. The molecule has 1 aromatic carbocycles. The van der Waals surface area contributed by atoms with Crippen LogP contribution >= 0.6 is 11.6 Å². The Balaban J connectivity index is 2.95. The van der Waals surface area contributed by atoms with Crippen molar-refractivity contribution < 1.29 is 19.6 Å². The Bertz CT molecular complexity index is 726. The van der Waals surface area contributed by atoms with Crippen LogP contribution in [0, 0.1) is 21.4 Å². The number of benzene rings is 1. The summed E-state index contributed by atoms with van der Waals surface area (Å²) < 4.78 is 0. The first-order valence-corrected chi connectivity index (χ1v) is 6.48. The Hall–Kier alpha value is -3.12. The van der Waals surface area contributed by atoms with Crippen LogP contribution in [-0.4, -0.2) is 27.9 Å². The lowest BCUT2D eigenvalue weighted by atomic mass is 10.2. The molecule has 1 aromatic rings. The normalized spacial score (nSPS) is 12.0. The van der Waals surface area contributed by atoms with Crippen molar-refractivity contribution in [3.05, 3.63) is 45.1 Å². The van der Waals surface area contributed by atoms with Gasteiger partial charge >= 0.3 is 5.97 Å². The molecule has 0 spiro atoms. The molecule has 0 fully saturated rings. The van der Waals surface area contributed by atoms with Crippen LogP contribution in [0.1, 0.15) is 6.92 Å². The number of nitriles is 1. The molecule has 0 aliphatic carbocycles. The second kappa shape index (κ2) is 7.77. The van der Waals surface area contributed by atoms with Crippen molar-refractivity contribution in [2.45, 2.75) is 13.0 Å². The summed E-state index contributed by atoms with van der Waals surface area (Å²) in [5.74, 6) is -2.17. The molecule has 1 unspecified atom stereocenters. The number of carbonyl (C=O) groups excluding carboxylic acids is 1. The number of hydrogen-bond acceptors (Lipinski definition) is 6. The molecule has 0 heterocycles. The van der Waals surface area contributed by atoms with E-state index in [2.05, 4.69) is 10.6 Å². The Kier molecular flexibility index (Phi) is 6.05. The third-order valence-electron chi connectivity index (χ3n) is 2.62. The number of rotatable bonds is 6. The fourth-order valence-electron chi connectivity index (χ4n) is 1.37. The van der Waals surface area contributed by atoms with E-state index in [0.29, 0.717) is 0 Å². The first kappa shape index (κ1) is 17.9. The van der Waals surface area contributed by atoms with Gasteiger partial charge in [-0.05, 0) is 13.0 Å². The maximum Gasteiger partial charge on any atom is 0.325 e. The van der Waals surface area contributed by atoms with Gasteiger partial charge in [0.2, 0.25) is 0 Å². The summed E-state index contributed by atoms with van der Waals surface area (Å²) in [5.41, 5.74) is -0.527. The predicted molar refractivity (Wildman–Crippen MR) is 80.7 cm³/mol. The highest BCUT2D eigenvalue weighted by Gasteiger charge is 2.17. The molecule has 0 aliphatic heterocycles. The number of amides is 1. The van der Waals surface area contributed by atoms with E-state index in [1.165, 1.54) is 19.1 Å². The topological polar surface area (TPSA) is 145 Å². The fourth-order valence-corrected chi connectivity index (χ4v) is 1.54. The average molecular weight is 339 g/mol.